The van der Waals surface area contributed by atoms with Crippen molar-refractivity contribution in [3.8, 4) is 0 Å². The lowest BCUT2D eigenvalue weighted by Gasteiger charge is -2.25. The zero-order valence-electron chi connectivity index (χ0n) is 13.9. The molecule has 0 aliphatic rings. The Morgan fingerprint density at radius 3 is 2.29 bits per heavy atom. The summed E-state index contributed by atoms with van der Waals surface area (Å²) in [6, 6.07) is 17.0. The van der Waals surface area contributed by atoms with E-state index < -0.39 is 6.10 Å². The summed E-state index contributed by atoms with van der Waals surface area (Å²) in [4.78, 5) is 14.2. The fourth-order valence-corrected chi connectivity index (χ4v) is 2.66. The summed E-state index contributed by atoms with van der Waals surface area (Å²) in [6.45, 7) is 0.489. The second-order valence-corrected chi connectivity index (χ2v) is 6.40. The molecule has 4 nitrogen and oxygen atoms in total. The van der Waals surface area contributed by atoms with E-state index in [1.165, 1.54) is 0 Å². The number of carbonyl (C=O) groups excluding carboxylic acids is 1. The summed E-state index contributed by atoms with van der Waals surface area (Å²) >= 11 is 5.83. The van der Waals surface area contributed by atoms with Gasteiger partial charge >= 0.3 is 0 Å². The van der Waals surface area contributed by atoms with Crippen LogP contribution in [-0.4, -0.2) is 36.6 Å². The highest BCUT2D eigenvalue weighted by Crippen LogP contribution is 2.20. The van der Waals surface area contributed by atoms with Crippen LogP contribution in [0.15, 0.2) is 54.6 Å². The summed E-state index contributed by atoms with van der Waals surface area (Å²) in [5.41, 5.74) is 1.82. The second-order valence-electron chi connectivity index (χ2n) is 5.97. The van der Waals surface area contributed by atoms with Crippen LogP contribution < -0.4 is 5.32 Å². The third kappa shape index (κ3) is 5.34. The van der Waals surface area contributed by atoms with Crippen LogP contribution in [0.3, 0.4) is 0 Å². The van der Waals surface area contributed by atoms with Crippen LogP contribution >= 0.6 is 11.6 Å². The maximum atomic E-state index is 12.1. The van der Waals surface area contributed by atoms with Gasteiger partial charge in [-0.15, -0.1) is 0 Å². The Morgan fingerprint density at radius 2 is 1.71 bits per heavy atom. The van der Waals surface area contributed by atoms with E-state index in [0.29, 0.717) is 17.1 Å². The fraction of sp³-hybridized carbons (Fsp3) is 0.316. The molecule has 0 spiro atoms. The molecule has 24 heavy (non-hydrogen) atoms. The van der Waals surface area contributed by atoms with E-state index in [9.17, 15) is 9.90 Å². The van der Waals surface area contributed by atoms with Gasteiger partial charge in [0.15, 0.2) is 0 Å². The van der Waals surface area contributed by atoms with Crippen molar-refractivity contribution >= 4 is 17.5 Å². The van der Waals surface area contributed by atoms with Gasteiger partial charge in [-0.05, 0) is 37.4 Å². The Kier molecular flexibility index (Phi) is 6.79. The number of nitrogens with zero attached hydrogens (tertiary/aromatic N) is 1. The van der Waals surface area contributed by atoms with Crippen LogP contribution in [0.1, 0.15) is 29.7 Å². The Hall–Kier alpha value is -1.88. The molecule has 0 aromatic heterocycles. The van der Waals surface area contributed by atoms with Crippen LogP contribution in [0, 0.1) is 0 Å². The van der Waals surface area contributed by atoms with Crippen molar-refractivity contribution in [2.75, 3.05) is 20.6 Å². The third-order valence-corrected chi connectivity index (χ3v) is 4.19. The number of benzene rings is 2. The Balaban J connectivity index is 1.90. The monoisotopic (exact) mass is 346 g/mol. The quantitative estimate of drug-likeness (QED) is 0.809. The third-order valence-electron chi connectivity index (χ3n) is 3.93. The maximum Gasteiger partial charge on any atom is 0.223 e. The summed E-state index contributed by atoms with van der Waals surface area (Å²) in [5, 5.41) is 13.7. The molecule has 5 heteroatoms. The molecule has 1 amide bonds. The molecule has 0 radical (unpaired) electrons. The molecule has 0 fully saturated rings. The molecule has 2 atom stereocenters. The molecule has 0 aliphatic heterocycles. The number of halogens is 1. The minimum atomic E-state index is -0.836. The first-order chi connectivity index (χ1) is 11.5. The van der Waals surface area contributed by atoms with Crippen molar-refractivity contribution in [3.05, 3.63) is 70.7 Å². The minimum Gasteiger partial charge on any atom is -0.388 e. The lowest BCUT2D eigenvalue weighted by atomic mass is 10.0. The number of hydrogen-bond donors (Lipinski definition) is 2. The topological polar surface area (TPSA) is 52.6 Å². The number of nitrogens with one attached hydrogen (secondary N) is 1. The standard InChI is InChI=1S/C19H23ClN2O2/c1-22(2)17(14-6-4-3-5-7-14)13-21-19(24)12-18(23)15-8-10-16(20)11-9-15/h3-11,17-18,23H,12-13H2,1-2H3,(H,21,24). The number of amides is 1. The van der Waals surface area contributed by atoms with Crippen molar-refractivity contribution in [2.24, 2.45) is 0 Å². The highest BCUT2D eigenvalue weighted by Gasteiger charge is 2.17. The van der Waals surface area contributed by atoms with E-state index >= 15 is 0 Å². The van der Waals surface area contributed by atoms with Gasteiger partial charge in [0.2, 0.25) is 5.91 Å². The summed E-state index contributed by atoms with van der Waals surface area (Å²) in [5.74, 6) is -0.180. The van der Waals surface area contributed by atoms with Crippen LogP contribution in [0.5, 0.6) is 0 Å². The first kappa shape index (κ1) is 18.5. The lowest BCUT2D eigenvalue weighted by Crippen LogP contribution is -2.35. The predicted molar refractivity (Wildman–Crippen MR) is 96.9 cm³/mol. The van der Waals surface area contributed by atoms with Gasteiger partial charge in [-0.25, -0.2) is 0 Å². The van der Waals surface area contributed by atoms with Gasteiger partial charge in [0, 0.05) is 11.6 Å². The fourth-order valence-electron chi connectivity index (χ4n) is 2.53. The van der Waals surface area contributed by atoms with E-state index in [1.54, 1.807) is 24.3 Å². The lowest BCUT2D eigenvalue weighted by molar-refractivity contribution is -0.123. The number of rotatable bonds is 7. The average molecular weight is 347 g/mol. The molecule has 128 valence electrons. The van der Waals surface area contributed by atoms with Gasteiger partial charge in [-0.3, -0.25) is 4.79 Å². The summed E-state index contributed by atoms with van der Waals surface area (Å²) < 4.78 is 0. The van der Waals surface area contributed by atoms with Gasteiger partial charge < -0.3 is 15.3 Å². The number of likely N-dealkylation sites (N-methyl/N-ethyl adjacent to an activating group) is 1. The van der Waals surface area contributed by atoms with Crippen molar-refractivity contribution in [1.29, 1.82) is 0 Å². The molecule has 2 aromatic carbocycles. The number of aliphatic hydroxyl groups excluding tert-OH is 1. The van der Waals surface area contributed by atoms with Crippen LogP contribution in [0.25, 0.3) is 0 Å². The molecule has 2 unspecified atom stereocenters. The van der Waals surface area contributed by atoms with Crippen molar-refractivity contribution in [3.63, 3.8) is 0 Å². The molecule has 0 bridgehead atoms. The summed E-state index contributed by atoms with van der Waals surface area (Å²) in [6.07, 6.45) is -0.812. The predicted octanol–water partition coefficient (Wildman–Crippen LogP) is 3.18. The molecule has 0 aliphatic carbocycles. The van der Waals surface area contributed by atoms with Crippen molar-refractivity contribution < 1.29 is 9.90 Å². The number of aliphatic hydroxyl groups is 1. The van der Waals surface area contributed by atoms with E-state index in [0.717, 1.165) is 5.56 Å². The van der Waals surface area contributed by atoms with Crippen LogP contribution in [0.4, 0.5) is 0 Å². The Bertz CT molecular complexity index is 644. The first-order valence-corrected chi connectivity index (χ1v) is 8.26. The van der Waals surface area contributed by atoms with Gasteiger partial charge in [0.05, 0.1) is 18.6 Å². The smallest absolute Gasteiger partial charge is 0.223 e. The molecule has 0 saturated carbocycles. The zero-order valence-corrected chi connectivity index (χ0v) is 14.7. The van der Waals surface area contributed by atoms with Crippen molar-refractivity contribution in [2.45, 2.75) is 18.6 Å². The Labute approximate surface area is 148 Å². The molecule has 0 saturated heterocycles. The molecule has 2 aromatic rings. The molecular weight excluding hydrogens is 324 g/mol. The summed E-state index contributed by atoms with van der Waals surface area (Å²) in [7, 11) is 3.96. The van der Waals surface area contributed by atoms with E-state index in [4.69, 9.17) is 11.6 Å². The average Bonchev–Trinajstić information content (AvgIpc) is 2.56. The first-order valence-electron chi connectivity index (χ1n) is 7.89. The van der Waals surface area contributed by atoms with E-state index in [-0.39, 0.29) is 18.4 Å². The molecule has 0 heterocycles. The van der Waals surface area contributed by atoms with Gasteiger partial charge in [0.1, 0.15) is 0 Å². The zero-order chi connectivity index (χ0) is 17.5. The molecule has 2 rings (SSSR count). The molecular formula is C19H23ClN2O2. The highest BCUT2D eigenvalue weighted by molar-refractivity contribution is 6.30. The normalized spacial score (nSPS) is 13.5. The Morgan fingerprint density at radius 1 is 1.08 bits per heavy atom. The van der Waals surface area contributed by atoms with E-state index in [2.05, 4.69) is 10.2 Å². The van der Waals surface area contributed by atoms with Crippen molar-refractivity contribution in [1.82, 2.24) is 10.2 Å². The van der Waals surface area contributed by atoms with Gasteiger partial charge in [0.25, 0.3) is 0 Å². The van der Waals surface area contributed by atoms with Crippen LogP contribution in [-0.2, 0) is 4.79 Å². The second kappa shape index (κ2) is 8.83. The SMILES string of the molecule is CN(C)C(CNC(=O)CC(O)c1ccc(Cl)cc1)c1ccccc1. The minimum absolute atomic E-state index is 0.0244. The van der Waals surface area contributed by atoms with E-state index in [1.807, 2.05) is 44.4 Å². The highest BCUT2D eigenvalue weighted by atomic mass is 35.5. The van der Waals surface area contributed by atoms with Crippen LogP contribution in [0.2, 0.25) is 5.02 Å². The number of hydrogen-bond acceptors (Lipinski definition) is 3. The molecule has 2 N–H and O–H groups in total. The number of carbonyl (C=O) groups is 1. The van der Waals surface area contributed by atoms with Gasteiger partial charge in [-0.1, -0.05) is 54.1 Å². The van der Waals surface area contributed by atoms with Gasteiger partial charge in [-0.2, -0.15) is 0 Å². The maximum absolute atomic E-state index is 12.1. The largest absolute Gasteiger partial charge is 0.388 e.